The minimum Gasteiger partial charge on any atom is -0.480 e. The summed E-state index contributed by atoms with van der Waals surface area (Å²) in [6, 6.07) is 6.87. The highest BCUT2D eigenvalue weighted by Crippen LogP contribution is 2.13. The zero-order valence-corrected chi connectivity index (χ0v) is 11.4. The van der Waals surface area contributed by atoms with Crippen LogP contribution in [0.1, 0.15) is 18.5 Å². The van der Waals surface area contributed by atoms with Gasteiger partial charge in [-0.3, -0.25) is 4.79 Å². The van der Waals surface area contributed by atoms with Crippen LogP contribution in [0.2, 0.25) is 0 Å². The summed E-state index contributed by atoms with van der Waals surface area (Å²) in [5.74, 6) is -1.51. The van der Waals surface area contributed by atoms with Gasteiger partial charge in [-0.15, -0.1) is 0 Å². The molecular weight excluding hydrogens is 270 g/mol. The fourth-order valence-electron chi connectivity index (χ4n) is 1.46. The summed E-state index contributed by atoms with van der Waals surface area (Å²) in [5.41, 5.74) is 0.384. The van der Waals surface area contributed by atoms with E-state index >= 15 is 0 Å². The molecule has 1 atom stereocenters. The summed E-state index contributed by atoms with van der Waals surface area (Å²) in [4.78, 5) is 11.1. The topological polar surface area (TPSA) is 92.7 Å². The highest BCUT2D eigenvalue weighted by Gasteiger charge is 2.25. The largest absolute Gasteiger partial charge is 0.480 e. The van der Waals surface area contributed by atoms with Gasteiger partial charge in [0.25, 0.3) is 0 Å². The van der Waals surface area contributed by atoms with E-state index in [1.165, 1.54) is 0 Å². The van der Waals surface area contributed by atoms with Crippen LogP contribution in [-0.4, -0.2) is 38.5 Å². The van der Waals surface area contributed by atoms with Crippen molar-refractivity contribution < 1.29 is 23.1 Å². The zero-order chi connectivity index (χ0) is 14.3. The average Bonchev–Trinajstić information content (AvgIpc) is 2.37. The van der Waals surface area contributed by atoms with E-state index in [0.29, 0.717) is 12.2 Å². The molecule has 0 aliphatic rings. The predicted octanol–water partition coefficient (Wildman–Crippen LogP) is 0.768. The number of hydrogen-bond donors (Lipinski definition) is 2. The Labute approximate surface area is 112 Å². The molecule has 0 spiro atoms. The van der Waals surface area contributed by atoms with Crippen molar-refractivity contribution in [3.8, 4) is 0 Å². The van der Waals surface area contributed by atoms with Gasteiger partial charge in [-0.2, -0.15) is 4.72 Å². The Morgan fingerprint density at radius 3 is 2.53 bits per heavy atom. The number of rotatable bonds is 8. The van der Waals surface area contributed by atoms with Gasteiger partial charge in [0.2, 0.25) is 10.0 Å². The first-order chi connectivity index (χ1) is 8.96. The van der Waals surface area contributed by atoms with Gasteiger partial charge in [-0.1, -0.05) is 30.3 Å². The first kappa shape index (κ1) is 15.6. The van der Waals surface area contributed by atoms with Gasteiger partial charge in [0, 0.05) is 6.61 Å². The van der Waals surface area contributed by atoms with Gasteiger partial charge in [-0.25, -0.2) is 8.42 Å². The summed E-state index contributed by atoms with van der Waals surface area (Å²) in [7, 11) is -3.70. The van der Waals surface area contributed by atoms with Gasteiger partial charge < -0.3 is 9.84 Å². The van der Waals surface area contributed by atoms with E-state index in [2.05, 4.69) is 4.72 Å². The van der Waals surface area contributed by atoms with Gasteiger partial charge in [-0.05, 0) is 12.5 Å². The van der Waals surface area contributed by atoms with E-state index in [1.807, 2.05) is 0 Å². The molecule has 7 heteroatoms. The van der Waals surface area contributed by atoms with Crippen LogP contribution >= 0.6 is 0 Å². The lowest BCUT2D eigenvalue weighted by Crippen LogP contribution is -2.36. The smallest absolute Gasteiger partial charge is 0.326 e. The molecule has 6 nitrogen and oxygen atoms in total. The lowest BCUT2D eigenvalue weighted by Gasteiger charge is -2.15. The lowest BCUT2D eigenvalue weighted by molar-refractivity contribution is -0.139. The van der Waals surface area contributed by atoms with Crippen LogP contribution in [-0.2, 0) is 19.6 Å². The fraction of sp³-hybridized carbons (Fsp3) is 0.417. The number of benzene rings is 1. The second kappa shape index (κ2) is 7.22. The zero-order valence-electron chi connectivity index (χ0n) is 10.6. The normalized spacial score (nSPS) is 13.1. The molecule has 106 valence electrons. The summed E-state index contributed by atoms with van der Waals surface area (Å²) in [6.45, 7) is 2.20. The first-order valence-electron chi connectivity index (χ1n) is 5.82. The second-order valence-corrected chi connectivity index (χ2v) is 5.69. The molecule has 2 N–H and O–H groups in total. The van der Waals surface area contributed by atoms with Gasteiger partial charge >= 0.3 is 5.97 Å². The Morgan fingerprint density at radius 1 is 1.37 bits per heavy atom. The van der Waals surface area contributed by atoms with Crippen molar-refractivity contribution in [2.45, 2.75) is 13.0 Å². The van der Waals surface area contributed by atoms with Crippen molar-refractivity contribution in [2.75, 3.05) is 19.0 Å². The molecule has 1 aromatic rings. The molecule has 1 aromatic carbocycles. The number of carboxylic acid groups (broad SMARTS) is 1. The lowest BCUT2D eigenvalue weighted by atomic mass is 10.1. The standard InChI is InChI=1S/C12H17NO5S/c1-2-18-8-9-19(16,17)13-11(12(14)15)10-6-4-3-5-7-10/h3-7,11,13H,2,8-9H2,1H3,(H,14,15)/t11-/m0/s1. The Hall–Kier alpha value is -1.44. The Morgan fingerprint density at radius 2 is 2.00 bits per heavy atom. The highest BCUT2D eigenvalue weighted by molar-refractivity contribution is 7.89. The van der Waals surface area contributed by atoms with Crippen molar-refractivity contribution in [1.82, 2.24) is 4.72 Å². The molecule has 0 saturated heterocycles. The number of hydrogen-bond acceptors (Lipinski definition) is 4. The first-order valence-corrected chi connectivity index (χ1v) is 7.47. The highest BCUT2D eigenvalue weighted by atomic mass is 32.2. The van der Waals surface area contributed by atoms with E-state index < -0.39 is 22.0 Å². The maximum atomic E-state index is 11.7. The molecule has 0 radical (unpaired) electrons. The number of sulfonamides is 1. The number of aliphatic carboxylic acids is 1. The molecule has 19 heavy (non-hydrogen) atoms. The third-order valence-electron chi connectivity index (χ3n) is 2.38. The van der Waals surface area contributed by atoms with Crippen molar-refractivity contribution in [3.05, 3.63) is 35.9 Å². The van der Waals surface area contributed by atoms with Crippen molar-refractivity contribution in [2.24, 2.45) is 0 Å². The van der Waals surface area contributed by atoms with E-state index in [-0.39, 0.29) is 12.4 Å². The van der Waals surface area contributed by atoms with Crippen molar-refractivity contribution in [3.63, 3.8) is 0 Å². The Kier molecular flexibility index (Phi) is 5.94. The summed E-state index contributed by atoms with van der Waals surface area (Å²) in [5, 5.41) is 9.10. The third-order valence-corrected chi connectivity index (χ3v) is 3.68. The number of ether oxygens (including phenoxy) is 1. The molecule has 0 amide bonds. The molecule has 1 rings (SSSR count). The maximum absolute atomic E-state index is 11.7. The van der Waals surface area contributed by atoms with Gasteiger partial charge in [0.05, 0.1) is 12.4 Å². The summed E-state index contributed by atoms with van der Waals surface area (Å²) >= 11 is 0. The Balaban J connectivity index is 2.77. The monoisotopic (exact) mass is 287 g/mol. The minimum atomic E-state index is -3.70. The number of nitrogens with one attached hydrogen (secondary N) is 1. The maximum Gasteiger partial charge on any atom is 0.326 e. The molecule has 0 bridgehead atoms. The molecule has 0 fully saturated rings. The van der Waals surface area contributed by atoms with E-state index in [0.717, 1.165) is 0 Å². The SMILES string of the molecule is CCOCCS(=O)(=O)N[C@H](C(=O)O)c1ccccc1. The Bertz CT molecular complexity index is 500. The summed E-state index contributed by atoms with van der Waals surface area (Å²) < 4.78 is 30.6. The molecule has 0 unspecified atom stereocenters. The molecular formula is C12H17NO5S. The molecule has 0 aliphatic heterocycles. The predicted molar refractivity (Wildman–Crippen MR) is 70.2 cm³/mol. The van der Waals surface area contributed by atoms with Crippen LogP contribution in [0.3, 0.4) is 0 Å². The van der Waals surface area contributed by atoms with E-state index in [1.54, 1.807) is 37.3 Å². The van der Waals surface area contributed by atoms with E-state index in [9.17, 15) is 13.2 Å². The van der Waals surface area contributed by atoms with Crippen LogP contribution in [0.15, 0.2) is 30.3 Å². The van der Waals surface area contributed by atoms with Crippen molar-refractivity contribution >= 4 is 16.0 Å². The van der Waals surface area contributed by atoms with Gasteiger partial charge in [0.15, 0.2) is 0 Å². The molecule has 0 heterocycles. The van der Waals surface area contributed by atoms with Crippen molar-refractivity contribution in [1.29, 1.82) is 0 Å². The van der Waals surface area contributed by atoms with E-state index in [4.69, 9.17) is 9.84 Å². The van der Waals surface area contributed by atoms with Crippen LogP contribution in [0.25, 0.3) is 0 Å². The van der Waals surface area contributed by atoms with Gasteiger partial charge in [0.1, 0.15) is 6.04 Å². The molecule has 0 saturated carbocycles. The third kappa shape index (κ3) is 5.37. The van der Waals surface area contributed by atoms with Crippen LogP contribution in [0.4, 0.5) is 0 Å². The quantitative estimate of drug-likeness (QED) is 0.689. The van der Waals surface area contributed by atoms with Crippen LogP contribution < -0.4 is 4.72 Å². The van der Waals surface area contributed by atoms with Crippen LogP contribution in [0, 0.1) is 0 Å². The minimum absolute atomic E-state index is 0.0347. The summed E-state index contributed by atoms with van der Waals surface area (Å²) in [6.07, 6.45) is 0. The fourth-order valence-corrected chi connectivity index (χ4v) is 2.51. The van der Waals surface area contributed by atoms with Crippen LogP contribution in [0.5, 0.6) is 0 Å². The second-order valence-electron chi connectivity index (χ2n) is 3.82. The number of carboxylic acids is 1. The molecule has 0 aromatic heterocycles. The molecule has 0 aliphatic carbocycles. The average molecular weight is 287 g/mol. The number of carbonyl (C=O) groups is 1.